The summed E-state index contributed by atoms with van der Waals surface area (Å²) in [4.78, 5) is 20.8. The van der Waals surface area contributed by atoms with Gasteiger partial charge in [-0.15, -0.1) is 11.3 Å². The fraction of sp³-hybridized carbons (Fsp3) is 0.429. The molecule has 2 aromatic rings. The van der Waals surface area contributed by atoms with Gasteiger partial charge in [0.1, 0.15) is 6.33 Å². The highest BCUT2D eigenvalue weighted by Crippen LogP contribution is 2.32. The third-order valence-electron chi connectivity index (χ3n) is 3.91. The number of rotatable bonds is 2. The van der Waals surface area contributed by atoms with Gasteiger partial charge in [0.05, 0.1) is 22.3 Å². The molecule has 0 N–H and O–H groups in total. The average Bonchev–Trinajstić information content (AvgIpc) is 3.14. The summed E-state index contributed by atoms with van der Waals surface area (Å²) in [6.45, 7) is 1.50. The van der Waals surface area contributed by atoms with Crippen molar-refractivity contribution in [3.05, 3.63) is 17.8 Å². The molecule has 2 aliphatic rings. The van der Waals surface area contributed by atoms with Crippen LogP contribution in [0.25, 0.3) is 10.2 Å². The highest BCUT2D eigenvalue weighted by molar-refractivity contribution is 7.17. The SMILES string of the molecule is O=C1CC(C2CCOCC2)=NN1c1ncnc2ccsc12. The molecule has 0 atom stereocenters. The summed E-state index contributed by atoms with van der Waals surface area (Å²) < 4.78 is 6.28. The molecular formula is C14H14N4O2S. The number of hydrogen-bond donors (Lipinski definition) is 0. The summed E-state index contributed by atoms with van der Waals surface area (Å²) in [5.74, 6) is 0.945. The maximum Gasteiger partial charge on any atom is 0.254 e. The lowest BCUT2D eigenvalue weighted by Gasteiger charge is -2.21. The number of fused-ring (bicyclic) bond motifs is 1. The van der Waals surface area contributed by atoms with E-state index in [-0.39, 0.29) is 5.91 Å². The van der Waals surface area contributed by atoms with Crippen molar-refractivity contribution in [3.63, 3.8) is 0 Å². The third kappa shape index (κ3) is 2.22. The molecule has 0 aromatic carbocycles. The van der Waals surface area contributed by atoms with Crippen molar-refractivity contribution in [2.45, 2.75) is 19.3 Å². The number of hydrazone groups is 1. The normalized spacial score (nSPS) is 20.3. The van der Waals surface area contributed by atoms with E-state index in [4.69, 9.17) is 4.74 Å². The number of anilines is 1. The van der Waals surface area contributed by atoms with Crippen LogP contribution in [0.15, 0.2) is 22.9 Å². The number of thiophene rings is 1. The zero-order valence-electron chi connectivity index (χ0n) is 11.4. The van der Waals surface area contributed by atoms with Crippen LogP contribution in [0.4, 0.5) is 5.82 Å². The first-order valence-electron chi connectivity index (χ1n) is 6.99. The summed E-state index contributed by atoms with van der Waals surface area (Å²) in [5.41, 5.74) is 1.82. The highest BCUT2D eigenvalue weighted by atomic mass is 32.1. The molecular weight excluding hydrogens is 288 g/mol. The molecule has 0 bridgehead atoms. The molecule has 6 nitrogen and oxygen atoms in total. The molecule has 21 heavy (non-hydrogen) atoms. The van der Waals surface area contributed by atoms with Crippen molar-refractivity contribution >= 4 is 39.0 Å². The largest absolute Gasteiger partial charge is 0.381 e. The lowest BCUT2D eigenvalue weighted by molar-refractivity contribution is -0.117. The molecule has 4 rings (SSSR count). The van der Waals surface area contributed by atoms with Crippen LogP contribution in [-0.4, -0.2) is 34.8 Å². The standard InChI is InChI=1S/C14H14N4O2S/c19-12-7-11(9-1-4-20-5-2-9)17-18(12)14-13-10(3-6-21-13)15-8-16-14/h3,6,8-9H,1-2,4-5,7H2. The van der Waals surface area contributed by atoms with Gasteiger partial charge in [-0.1, -0.05) is 0 Å². The maximum atomic E-state index is 12.3. The zero-order valence-corrected chi connectivity index (χ0v) is 12.2. The first-order chi connectivity index (χ1) is 10.3. The van der Waals surface area contributed by atoms with Crippen molar-refractivity contribution in [2.75, 3.05) is 18.2 Å². The van der Waals surface area contributed by atoms with Crippen molar-refractivity contribution in [1.82, 2.24) is 9.97 Å². The Bertz CT molecular complexity index is 721. The molecule has 0 unspecified atom stereocenters. The van der Waals surface area contributed by atoms with Crippen LogP contribution in [0, 0.1) is 5.92 Å². The minimum Gasteiger partial charge on any atom is -0.381 e. The molecule has 0 aliphatic carbocycles. The second-order valence-corrected chi connectivity index (χ2v) is 6.11. The van der Waals surface area contributed by atoms with Crippen LogP contribution in [0.5, 0.6) is 0 Å². The van der Waals surface area contributed by atoms with Gasteiger partial charge >= 0.3 is 0 Å². The van der Waals surface area contributed by atoms with Gasteiger partial charge in [-0.05, 0) is 24.3 Å². The number of carbonyl (C=O) groups is 1. The Labute approximate surface area is 125 Å². The van der Waals surface area contributed by atoms with E-state index in [2.05, 4.69) is 15.1 Å². The molecule has 1 amide bonds. The summed E-state index contributed by atoms with van der Waals surface area (Å²) in [5, 5.41) is 7.95. The average molecular weight is 302 g/mol. The number of hydrogen-bond acceptors (Lipinski definition) is 6. The monoisotopic (exact) mass is 302 g/mol. The minimum atomic E-state index is -0.00936. The Morgan fingerprint density at radius 1 is 1.29 bits per heavy atom. The zero-order chi connectivity index (χ0) is 14.2. The van der Waals surface area contributed by atoms with Crippen molar-refractivity contribution in [3.8, 4) is 0 Å². The molecule has 1 saturated heterocycles. The maximum absolute atomic E-state index is 12.3. The van der Waals surface area contributed by atoms with Gasteiger partial charge in [0.2, 0.25) is 0 Å². The van der Waals surface area contributed by atoms with Gasteiger partial charge in [0, 0.05) is 19.1 Å². The van der Waals surface area contributed by atoms with Crippen LogP contribution in [-0.2, 0) is 9.53 Å². The number of aromatic nitrogens is 2. The van der Waals surface area contributed by atoms with Gasteiger partial charge in [-0.25, -0.2) is 9.97 Å². The van der Waals surface area contributed by atoms with Gasteiger partial charge in [0.15, 0.2) is 5.82 Å². The summed E-state index contributed by atoms with van der Waals surface area (Å²) >= 11 is 1.53. The molecule has 108 valence electrons. The van der Waals surface area contributed by atoms with Crippen LogP contribution >= 0.6 is 11.3 Å². The molecule has 4 heterocycles. The molecule has 2 aliphatic heterocycles. The van der Waals surface area contributed by atoms with E-state index in [0.29, 0.717) is 18.2 Å². The minimum absolute atomic E-state index is 0.00936. The summed E-state index contributed by atoms with van der Waals surface area (Å²) in [7, 11) is 0. The fourth-order valence-electron chi connectivity index (χ4n) is 2.80. The van der Waals surface area contributed by atoms with Gasteiger partial charge in [-0.2, -0.15) is 10.1 Å². The smallest absolute Gasteiger partial charge is 0.254 e. The van der Waals surface area contributed by atoms with E-state index in [9.17, 15) is 4.79 Å². The quantitative estimate of drug-likeness (QED) is 0.853. The highest BCUT2D eigenvalue weighted by Gasteiger charge is 2.32. The van der Waals surface area contributed by atoms with E-state index in [0.717, 1.165) is 42.0 Å². The van der Waals surface area contributed by atoms with Crippen LogP contribution in [0.2, 0.25) is 0 Å². The van der Waals surface area contributed by atoms with E-state index < -0.39 is 0 Å². The van der Waals surface area contributed by atoms with Crippen molar-refractivity contribution in [1.29, 1.82) is 0 Å². The third-order valence-corrected chi connectivity index (χ3v) is 4.81. The van der Waals surface area contributed by atoms with E-state index in [1.165, 1.54) is 22.7 Å². The molecule has 7 heteroatoms. The predicted octanol–water partition coefficient (Wildman–Crippen LogP) is 2.21. The summed E-state index contributed by atoms with van der Waals surface area (Å²) in [6, 6.07) is 1.93. The van der Waals surface area contributed by atoms with Crippen LogP contribution in [0.3, 0.4) is 0 Å². The predicted molar refractivity (Wildman–Crippen MR) is 80.5 cm³/mol. The van der Waals surface area contributed by atoms with Crippen LogP contribution in [0.1, 0.15) is 19.3 Å². The Balaban J connectivity index is 1.69. The van der Waals surface area contributed by atoms with Gasteiger partial charge < -0.3 is 4.74 Å². The second kappa shape index (κ2) is 5.16. The first kappa shape index (κ1) is 12.8. The number of nitrogens with zero attached hydrogens (tertiary/aromatic N) is 4. The van der Waals surface area contributed by atoms with E-state index >= 15 is 0 Å². The Morgan fingerprint density at radius 2 is 2.14 bits per heavy atom. The van der Waals surface area contributed by atoms with Gasteiger partial charge in [0.25, 0.3) is 5.91 Å². The number of amides is 1. The lowest BCUT2D eigenvalue weighted by atomic mass is 9.93. The summed E-state index contributed by atoms with van der Waals surface area (Å²) in [6.07, 6.45) is 3.76. The van der Waals surface area contributed by atoms with Crippen molar-refractivity contribution < 1.29 is 9.53 Å². The molecule has 0 saturated carbocycles. The fourth-order valence-corrected chi connectivity index (χ4v) is 3.62. The molecule has 0 spiro atoms. The number of ether oxygens (including phenoxy) is 1. The molecule has 0 radical (unpaired) electrons. The second-order valence-electron chi connectivity index (χ2n) is 5.19. The number of carbonyl (C=O) groups excluding carboxylic acids is 1. The Kier molecular flexibility index (Phi) is 3.16. The van der Waals surface area contributed by atoms with Crippen molar-refractivity contribution in [2.24, 2.45) is 11.0 Å². The lowest BCUT2D eigenvalue weighted by Crippen LogP contribution is -2.23. The van der Waals surface area contributed by atoms with E-state index in [1.807, 2.05) is 11.4 Å². The van der Waals surface area contributed by atoms with Gasteiger partial charge in [-0.3, -0.25) is 4.79 Å². The first-order valence-corrected chi connectivity index (χ1v) is 7.87. The van der Waals surface area contributed by atoms with Crippen LogP contribution < -0.4 is 5.01 Å². The molecule has 1 fully saturated rings. The Hall–Kier alpha value is -1.86. The molecule has 2 aromatic heterocycles. The topological polar surface area (TPSA) is 67.7 Å². The van der Waals surface area contributed by atoms with E-state index in [1.54, 1.807) is 0 Å². The Morgan fingerprint density at radius 3 is 3.00 bits per heavy atom.